The van der Waals surface area contributed by atoms with Gasteiger partial charge in [0.15, 0.2) is 0 Å². The molecule has 2 unspecified atom stereocenters. The molecular formula is C25H24FN3O. The summed E-state index contributed by atoms with van der Waals surface area (Å²) in [6.07, 6.45) is 0.955. The van der Waals surface area contributed by atoms with E-state index in [1.807, 2.05) is 31.2 Å². The minimum Gasteiger partial charge on any atom is -0.309 e. The predicted octanol–water partition coefficient (Wildman–Crippen LogP) is 5.06. The zero-order valence-electron chi connectivity index (χ0n) is 17.0. The van der Waals surface area contributed by atoms with Crippen molar-refractivity contribution in [3.8, 4) is 0 Å². The molecule has 0 saturated heterocycles. The highest BCUT2D eigenvalue weighted by Gasteiger charge is 2.20. The van der Waals surface area contributed by atoms with E-state index in [0.29, 0.717) is 16.7 Å². The van der Waals surface area contributed by atoms with Gasteiger partial charge in [-0.1, -0.05) is 55.5 Å². The molecule has 30 heavy (non-hydrogen) atoms. The molecule has 2 atom stereocenters. The van der Waals surface area contributed by atoms with E-state index in [4.69, 9.17) is 0 Å². The molecule has 0 fully saturated rings. The number of fused-ring (bicyclic) bond motifs is 1. The van der Waals surface area contributed by atoms with E-state index in [0.717, 1.165) is 17.5 Å². The van der Waals surface area contributed by atoms with Crippen LogP contribution in [0.4, 0.5) is 4.39 Å². The number of aromatic amines is 1. The predicted molar refractivity (Wildman–Crippen MR) is 118 cm³/mol. The second-order valence-electron chi connectivity index (χ2n) is 7.44. The number of H-pyrrole nitrogens is 1. The van der Waals surface area contributed by atoms with E-state index >= 15 is 0 Å². The Morgan fingerprint density at radius 2 is 1.77 bits per heavy atom. The van der Waals surface area contributed by atoms with E-state index in [1.165, 1.54) is 17.7 Å². The highest BCUT2D eigenvalue weighted by Crippen LogP contribution is 2.26. The molecule has 3 aromatic carbocycles. The monoisotopic (exact) mass is 401 g/mol. The fourth-order valence-corrected chi connectivity index (χ4v) is 3.66. The Morgan fingerprint density at radius 1 is 1.00 bits per heavy atom. The van der Waals surface area contributed by atoms with Gasteiger partial charge in [0.25, 0.3) is 5.56 Å². The molecule has 4 nitrogen and oxygen atoms in total. The Bertz CT molecular complexity index is 1220. The minimum atomic E-state index is -0.283. The molecule has 152 valence electrons. The molecule has 0 bridgehead atoms. The van der Waals surface area contributed by atoms with Crippen LogP contribution in [0.1, 0.15) is 48.4 Å². The minimum absolute atomic E-state index is 0.168. The van der Waals surface area contributed by atoms with E-state index in [1.54, 1.807) is 12.1 Å². The number of hydrogen-bond donors (Lipinski definition) is 2. The summed E-state index contributed by atoms with van der Waals surface area (Å²) >= 11 is 0. The van der Waals surface area contributed by atoms with Gasteiger partial charge in [-0.2, -0.15) is 0 Å². The maximum atomic E-state index is 14.0. The largest absolute Gasteiger partial charge is 0.309 e. The number of hydrogen-bond acceptors (Lipinski definition) is 3. The van der Waals surface area contributed by atoms with Crippen molar-refractivity contribution < 1.29 is 4.39 Å². The average Bonchev–Trinajstić information content (AvgIpc) is 2.77. The molecule has 2 N–H and O–H groups in total. The van der Waals surface area contributed by atoms with Gasteiger partial charge in [-0.15, -0.1) is 0 Å². The van der Waals surface area contributed by atoms with Crippen LogP contribution < -0.4 is 10.9 Å². The molecule has 1 aromatic heterocycles. The summed E-state index contributed by atoms with van der Waals surface area (Å²) in [5.41, 5.74) is 3.56. The van der Waals surface area contributed by atoms with Crippen molar-refractivity contribution >= 4 is 10.9 Å². The normalized spacial score (nSPS) is 13.3. The summed E-state index contributed by atoms with van der Waals surface area (Å²) in [7, 11) is 0. The molecule has 1 heterocycles. The summed E-state index contributed by atoms with van der Waals surface area (Å²) in [5, 5.41) is 4.08. The van der Waals surface area contributed by atoms with Crippen LogP contribution in [0, 0.1) is 5.82 Å². The molecule has 0 radical (unpaired) electrons. The second kappa shape index (κ2) is 8.59. The van der Waals surface area contributed by atoms with Crippen molar-refractivity contribution in [1.82, 2.24) is 15.3 Å². The highest BCUT2D eigenvalue weighted by atomic mass is 19.1. The van der Waals surface area contributed by atoms with Crippen molar-refractivity contribution in [3.05, 3.63) is 111 Å². The first-order chi connectivity index (χ1) is 14.5. The van der Waals surface area contributed by atoms with Crippen molar-refractivity contribution in [1.29, 1.82) is 0 Å². The lowest BCUT2D eigenvalue weighted by Gasteiger charge is -2.24. The lowest BCUT2D eigenvalue weighted by atomic mass is 9.96. The highest BCUT2D eigenvalue weighted by molar-refractivity contribution is 5.77. The standard InChI is InChI=1S/C25H24FN3O/c1-3-17-11-13-18(14-12-17)23(19-7-6-8-20(26)15-19)27-16(2)24-28-22-10-5-4-9-21(22)25(30)29-24/h4-16,23,27H,3H2,1-2H3,(H,28,29,30). The Hall–Kier alpha value is -3.31. The van der Waals surface area contributed by atoms with Crippen LogP contribution >= 0.6 is 0 Å². The van der Waals surface area contributed by atoms with Gasteiger partial charge in [-0.3, -0.25) is 10.1 Å². The van der Waals surface area contributed by atoms with Crippen LogP contribution in [0.3, 0.4) is 0 Å². The number of para-hydroxylation sites is 1. The van der Waals surface area contributed by atoms with Crippen LogP contribution in [0.5, 0.6) is 0 Å². The maximum Gasteiger partial charge on any atom is 0.258 e. The molecule has 0 spiro atoms. The number of halogens is 1. The fourth-order valence-electron chi connectivity index (χ4n) is 3.66. The topological polar surface area (TPSA) is 57.8 Å². The molecule has 0 aliphatic rings. The fraction of sp³-hybridized carbons (Fsp3) is 0.200. The molecule has 0 amide bonds. The third-order valence-electron chi connectivity index (χ3n) is 5.36. The first kappa shape index (κ1) is 20.0. The van der Waals surface area contributed by atoms with Crippen LogP contribution in [0.15, 0.2) is 77.6 Å². The number of aromatic nitrogens is 2. The quantitative estimate of drug-likeness (QED) is 0.475. The Morgan fingerprint density at radius 3 is 2.50 bits per heavy atom. The molecule has 5 heteroatoms. The molecule has 0 saturated carbocycles. The Kier molecular flexibility index (Phi) is 5.72. The van der Waals surface area contributed by atoms with Crippen LogP contribution in [-0.2, 0) is 6.42 Å². The van der Waals surface area contributed by atoms with E-state index in [2.05, 4.69) is 46.5 Å². The summed E-state index contributed by atoms with van der Waals surface area (Å²) in [4.78, 5) is 20.0. The number of nitrogens with zero attached hydrogens (tertiary/aromatic N) is 1. The average molecular weight is 401 g/mol. The van der Waals surface area contributed by atoms with E-state index < -0.39 is 0 Å². The molecule has 0 aliphatic heterocycles. The SMILES string of the molecule is CCc1ccc(C(NC(C)c2nc3ccccc3c(=O)[nH]2)c2cccc(F)c2)cc1. The first-order valence-electron chi connectivity index (χ1n) is 10.1. The van der Waals surface area contributed by atoms with E-state index in [9.17, 15) is 9.18 Å². The summed E-state index contributed by atoms with van der Waals surface area (Å²) in [6.45, 7) is 4.06. The maximum absolute atomic E-state index is 14.0. The van der Waals surface area contributed by atoms with Crippen molar-refractivity contribution in [3.63, 3.8) is 0 Å². The first-order valence-corrected chi connectivity index (χ1v) is 10.1. The second-order valence-corrected chi connectivity index (χ2v) is 7.44. The third kappa shape index (κ3) is 4.16. The summed E-state index contributed by atoms with van der Waals surface area (Å²) in [6, 6.07) is 21.6. The molecular weight excluding hydrogens is 377 g/mol. The lowest BCUT2D eigenvalue weighted by molar-refractivity contribution is 0.494. The van der Waals surface area contributed by atoms with Gasteiger partial charge in [0.1, 0.15) is 11.6 Å². The van der Waals surface area contributed by atoms with Crippen LogP contribution in [0.25, 0.3) is 10.9 Å². The van der Waals surface area contributed by atoms with Gasteiger partial charge in [0.2, 0.25) is 0 Å². The van der Waals surface area contributed by atoms with Crippen LogP contribution in [0.2, 0.25) is 0 Å². The number of rotatable bonds is 6. The van der Waals surface area contributed by atoms with Gasteiger partial charge >= 0.3 is 0 Å². The third-order valence-corrected chi connectivity index (χ3v) is 5.36. The van der Waals surface area contributed by atoms with Gasteiger partial charge in [-0.25, -0.2) is 9.37 Å². The molecule has 4 aromatic rings. The van der Waals surface area contributed by atoms with Crippen molar-refractivity contribution in [2.75, 3.05) is 0 Å². The smallest absolute Gasteiger partial charge is 0.258 e. The Balaban J connectivity index is 1.71. The molecule has 4 rings (SSSR count). The lowest BCUT2D eigenvalue weighted by Crippen LogP contribution is -2.28. The van der Waals surface area contributed by atoms with Gasteiger partial charge in [0.05, 0.1) is 23.0 Å². The van der Waals surface area contributed by atoms with Gasteiger partial charge in [0, 0.05) is 0 Å². The molecule has 0 aliphatic carbocycles. The number of aryl methyl sites for hydroxylation is 1. The van der Waals surface area contributed by atoms with Gasteiger partial charge in [-0.05, 0) is 54.3 Å². The zero-order valence-corrected chi connectivity index (χ0v) is 17.0. The van der Waals surface area contributed by atoms with Crippen LogP contribution in [-0.4, -0.2) is 9.97 Å². The summed E-state index contributed by atoms with van der Waals surface area (Å²) in [5.74, 6) is 0.264. The van der Waals surface area contributed by atoms with Gasteiger partial charge < -0.3 is 4.98 Å². The number of nitrogens with one attached hydrogen (secondary N) is 2. The Labute approximate surface area is 174 Å². The zero-order chi connectivity index (χ0) is 21.1. The van der Waals surface area contributed by atoms with E-state index in [-0.39, 0.29) is 23.5 Å². The van der Waals surface area contributed by atoms with Crippen molar-refractivity contribution in [2.24, 2.45) is 0 Å². The van der Waals surface area contributed by atoms with Crippen molar-refractivity contribution in [2.45, 2.75) is 32.4 Å². The number of benzene rings is 3. The summed E-state index contributed by atoms with van der Waals surface area (Å²) < 4.78 is 14.0.